The van der Waals surface area contributed by atoms with E-state index >= 15 is 0 Å². The molecule has 0 radical (unpaired) electrons. The summed E-state index contributed by atoms with van der Waals surface area (Å²) in [5, 5.41) is 13.4. The van der Waals surface area contributed by atoms with Gasteiger partial charge in [0.15, 0.2) is 0 Å². The number of hydrogen-bond acceptors (Lipinski definition) is 4. The van der Waals surface area contributed by atoms with Gasteiger partial charge in [0.25, 0.3) is 5.56 Å². The van der Waals surface area contributed by atoms with Crippen molar-refractivity contribution in [3.63, 3.8) is 0 Å². The van der Waals surface area contributed by atoms with Gasteiger partial charge in [-0.15, -0.1) is 0 Å². The van der Waals surface area contributed by atoms with Crippen LogP contribution in [0.1, 0.15) is 22.4 Å². The number of nitrogens with zero attached hydrogens (tertiary/aromatic N) is 4. The molecule has 0 saturated heterocycles. The maximum atomic E-state index is 12.3. The Morgan fingerprint density at radius 3 is 2.55 bits per heavy atom. The fourth-order valence-electron chi connectivity index (χ4n) is 2.18. The third-order valence-electron chi connectivity index (χ3n) is 3.49. The lowest BCUT2D eigenvalue weighted by molar-refractivity contribution is 0.239. The molecule has 0 spiro atoms. The van der Waals surface area contributed by atoms with Crippen LogP contribution in [-0.2, 0) is 13.2 Å². The van der Waals surface area contributed by atoms with Crippen LogP contribution in [0.2, 0.25) is 0 Å². The van der Waals surface area contributed by atoms with Crippen molar-refractivity contribution in [2.24, 2.45) is 0 Å². The van der Waals surface area contributed by atoms with Crippen LogP contribution in [0.25, 0.3) is 0 Å². The minimum absolute atomic E-state index is 0.171. The molecular weight excluding hydrogens is 344 g/mol. The Balaban J connectivity index is 2.20. The first-order valence-corrected chi connectivity index (χ1v) is 7.63. The van der Waals surface area contributed by atoms with Gasteiger partial charge in [0.1, 0.15) is 11.6 Å². The molecule has 5 nitrogen and oxygen atoms in total. The lowest BCUT2D eigenvalue weighted by Crippen LogP contribution is -2.34. The van der Waals surface area contributed by atoms with Crippen LogP contribution in [0, 0.1) is 25.2 Å². The van der Waals surface area contributed by atoms with Crippen molar-refractivity contribution in [2.45, 2.75) is 27.1 Å². The topological polar surface area (TPSA) is 61.9 Å². The van der Waals surface area contributed by atoms with Gasteiger partial charge in [-0.1, -0.05) is 28.1 Å². The molecule has 1 aromatic heterocycles. The third kappa shape index (κ3) is 3.62. The summed E-state index contributed by atoms with van der Waals surface area (Å²) >= 11 is 3.41. The van der Waals surface area contributed by atoms with Crippen molar-refractivity contribution < 1.29 is 0 Å². The maximum Gasteiger partial charge on any atom is 0.286 e. The first-order valence-electron chi connectivity index (χ1n) is 6.83. The molecule has 0 aliphatic rings. The predicted molar refractivity (Wildman–Crippen MR) is 88.3 cm³/mol. The second kappa shape index (κ2) is 6.86. The largest absolute Gasteiger partial charge is 0.286 e. The van der Waals surface area contributed by atoms with E-state index in [4.69, 9.17) is 5.26 Å². The van der Waals surface area contributed by atoms with Gasteiger partial charge >= 0.3 is 0 Å². The van der Waals surface area contributed by atoms with E-state index in [1.54, 1.807) is 13.8 Å². The summed E-state index contributed by atoms with van der Waals surface area (Å²) in [6.07, 6.45) is 0. The molecular formula is C16H17BrN4O. The molecule has 6 heteroatoms. The zero-order chi connectivity index (χ0) is 16.3. The lowest BCUT2D eigenvalue weighted by Gasteiger charge is -2.18. The average molecular weight is 361 g/mol. The van der Waals surface area contributed by atoms with Crippen molar-refractivity contribution in [1.82, 2.24) is 14.7 Å². The highest BCUT2D eigenvalue weighted by Crippen LogP contribution is 2.12. The highest BCUT2D eigenvalue weighted by Gasteiger charge is 2.12. The Kier molecular flexibility index (Phi) is 5.11. The number of nitriles is 1. The molecule has 114 valence electrons. The number of aromatic nitrogens is 2. The quantitative estimate of drug-likeness (QED) is 0.840. The van der Waals surface area contributed by atoms with Crippen molar-refractivity contribution in [1.29, 1.82) is 5.26 Å². The standard InChI is InChI=1S/C16H17BrN4O/c1-11-12(2)19-21(16(22)15(11)8-18)10-20(3)9-13-4-6-14(17)7-5-13/h4-7H,9-10H2,1-3H3. The van der Waals surface area contributed by atoms with Gasteiger partial charge < -0.3 is 0 Å². The van der Waals surface area contributed by atoms with Crippen LogP contribution in [0.3, 0.4) is 0 Å². The van der Waals surface area contributed by atoms with Crippen LogP contribution in [0.4, 0.5) is 0 Å². The normalized spacial score (nSPS) is 10.7. The first kappa shape index (κ1) is 16.4. The molecule has 2 rings (SSSR count). The Morgan fingerprint density at radius 1 is 1.32 bits per heavy atom. The van der Waals surface area contributed by atoms with Gasteiger partial charge in [0.05, 0.1) is 12.4 Å². The van der Waals surface area contributed by atoms with Gasteiger partial charge in [0.2, 0.25) is 0 Å². The lowest BCUT2D eigenvalue weighted by atomic mass is 10.1. The zero-order valence-electron chi connectivity index (χ0n) is 12.8. The molecule has 0 saturated carbocycles. The molecule has 1 heterocycles. The number of rotatable bonds is 4. The maximum absolute atomic E-state index is 12.3. The fourth-order valence-corrected chi connectivity index (χ4v) is 2.44. The predicted octanol–water partition coefficient (Wildman–Crippen LogP) is 2.58. The van der Waals surface area contributed by atoms with Crippen molar-refractivity contribution in [3.05, 3.63) is 61.5 Å². The summed E-state index contributed by atoms with van der Waals surface area (Å²) in [5.74, 6) is 0. The van der Waals surface area contributed by atoms with E-state index < -0.39 is 0 Å². The minimum atomic E-state index is -0.340. The summed E-state index contributed by atoms with van der Waals surface area (Å²) in [5.41, 5.74) is 2.33. The molecule has 1 aromatic carbocycles. The van der Waals surface area contributed by atoms with Crippen molar-refractivity contribution >= 4 is 15.9 Å². The van der Waals surface area contributed by atoms with Gasteiger partial charge in [-0.2, -0.15) is 10.4 Å². The number of aryl methyl sites for hydroxylation is 1. The van der Waals surface area contributed by atoms with Crippen molar-refractivity contribution in [2.75, 3.05) is 7.05 Å². The van der Waals surface area contributed by atoms with Gasteiger partial charge in [-0.25, -0.2) is 4.68 Å². The van der Waals surface area contributed by atoms with Crippen LogP contribution in [0.5, 0.6) is 0 Å². The highest BCUT2D eigenvalue weighted by molar-refractivity contribution is 9.10. The molecule has 2 aromatic rings. The number of halogens is 1. The molecule has 0 N–H and O–H groups in total. The van der Waals surface area contributed by atoms with E-state index in [0.717, 1.165) is 10.0 Å². The van der Waals surface area contributed by atoms with E-state index in [-0.39, 0.29) is 11.1 Å². The Hall–Kier alpha value is -1.97. The van der Waals surface area contributed by atoms with Gasteiger partial charge in [-0.3, -0.25) is 9.69 Å². The Labute approximate surface area is 137 Å². The van der Waals surface area contributed by atoms with Gasteiger partial charge in [0, 0.05) is 11.0 Å². The molecule has 0 amide bonds. The number of benzene rings is 1. The van der Waals surface area contributed by atoms with Crippen LogP contribution < -0.4 is 5.56 Å². The highest BCUT2D eigenvalue weighted by atomic mass is 79.9. The van der Waals surface area contributed by atoms with Crippen LogP contribution >= 0.6 is 15.9 Å². The summed E-state index contributed by atoms with van der Waals surface area (Å²) < 4.78 is 2.38. The summed E-state index contributed by atoms with van der Waals surface area (Å²) in [4.78, 5) is 14.2. The summed E-state index contributed by atoms with van der Waals surface area (Å²) in [6.45, 7) is 4.58. The molecule has 0 atom stereocenters. The average Bonchev–Trinajstić information content (AvgIpc) is 2.48. The molecule has 0 aliphatic carbocycles. The van der Waals surface area contributed by atoms with Crippen LogP contribution in [-0.4, -0.2) is 21.7 Å². The Morgan fingerprint density at radius 2 is 1.95 bits per heavy atom. The SMILES string of the molecule is Cc1nn(CN(C)Cc2ccc(Br)cc2)c(=O)c(C#N)c1C. The molecule has 0 aliphatic heterocycles. The zero-order valence-corrected chi connectivity index (χ0v) is 14.4. The summed E-state index contributed by atoms with van der Waals surface area (Å²) in [7, 11) is 1.91. The van der Waals surface area contributed by atoms with E-state index in [1.165, 1.54) is 4.68 Å². The number of hydrogen-bond donors (Lipinski definition) is 0. The van der Waals surface area contributed by atoms with Crippen LogP contribution in [0.15, 0.2) is 33.5 Å². The van der Waals surface area contributed by atoms with E-state index in [9.17, 15) is 4.79 Å². The van der Waals surface area contributed by atoms with Crippen molar-refractivity contribution in [3.8, 4) is 6.07 Å². The minimum Gasteiger partial charge on any atom is -0.283 e. The van der Waals surface area contributed by atoms with E-state index in [1.807, 2.05) is 42.3 Å². The molecule has 0 fully saturated rings. The fraction of sp³-hybridized carbons (Fsp3) is 0.312. The molecule has 22 heavy (non-hydrogen) atoms. The second-order valence-corrected chi connectivity index (χ2v) is 6.20. The smallest absolute Gasteiger partial charge is 0.283 e. The van der Waals surface area contributed by atoms with E-state index in [0.29, 0.717) is 24.5 Å². The molecule has 0 bridgehead atoms. The summed E-state index contributed by atoms with van der Waals surface area (Å²) in [6, 6.07) is 10.00. The van der Waals surface area contributed by atoms with Gasteiger partial charge in [-0.05, 0) is 44.2 Å². The second-order valence-electron chi connectivity index (χ2n) is 5.28. The third-order valence-corrected chi connectivity index (χ3v) is 4.02. The monoisotopic (exact) mass is 360 g/mol. The molecule has 0 unspecified atom stereocenters. The Bertz CT molecular complexity index is 774. The first-order chi connectivity index (χ1) is 10.4. The van der Waals surface area contributed by atoms with E-state index in [2.05, 4.69) is 21.0 Å².